The molecule has 32 heavy (non-hydrogen) atoms. The van der Waals surface area contributed by atoms with Gasteiger partial charge in [-0.2, -0.15) is 30.2 Å². The third-order valence-electron chi connectivity index (χ3n) is 6.47. The standard InChI is InChI=1S/C21H31F3N4O3S/c1-16(20(29)25-19-11-7-6-10-18(19)21(22,23)24)27-12-14-28(15-13-27)32(30,31)26(2)17-8-4-3-5-9-17/h6-7,10-11,16-17H,3-5,8-9,12-15H2,1-2H3,(H,25,29). The van der Waals surface area contributed by atoms with E-state index in [4.69, 9.17) is 0 Å². The molecule has 1 saturated heterocycles. The first-order valence-electron chi connectivity index (χ1n) is 11.0. The molecule has 0 radical (unpaired) electrons. The first kappa shape index (κ1) is 24.9. The molecule has 180 valence electrons. The second kappa shape index (κ2) is 10.1. The Hall–Kier alpha value is -1.69. The molecule has 11 heteroatoms. The Morgan fingerprint density at radius 2 is 1.69 bits per heavy atom. The van der Waals surface area contributed by atoms with Crippen LogP contribution in [0.3, 0.4) is 0 Å². The van der Waals surface area contributed by atoms with E-state index in [0.29, 0.717) is 13.1 Å². The fourth-order valence-corrected chi connectivity index (χ4v) is 5.96. The summed E-state index contributed by atoms with van der Waals surface area (Å²) >= 11 is 0. The molecule has 0 bridgehead atoms. The van der Waals surface area contributed by atoms with Crippen molar-refractivity contribution in [3.8, 4) is 0 Å². The Labute approximate surface area is 187 Å². The SMILES string of the molecule is CC(C(=O)Nc1ccccc1C(F)(F)F)N1CCN(S(=O)(=O)N(C)C2CCCCC2)CC1. The van der Waals surface area contributed by atoms with Gasteiger partial charge >= 0.3 is 6.18 Å². The summed E-state index contributed by atoms with van der Waals surface area (Å²) in [7, 11) is -1.96. The fraction of sp³-hybridized carbons (Fsp3) is 0.667. The third kappa shape index (κ3) is 5.62. The van der Waals surface area contributed by atoms with Crippen LogP contribution in [-0.4, -0.2) is 73.1 Å². The van der Waals surface area contributed by atoms with E-state index < -0.39 is 33.9 Å². The van der Waals surface area contributed by atoms with Crippen LogP contribution in [-0.2, 0) is 21.2 Å². The highest BCUT2D eigenvalue weighted by Gasteiger charge is 2.37. The number of rotatable bonds is 6. The quantitative estimate of drug-likeness (QED) is 0.685. The smallest absolute Gasteiger partial charge is 0.324 e. The van der Waals surface area contributed by atoms with Gasteiger partial charge in [0.1, 0.15) is 0 Å². The zero-order chi connectivity index (χ0) is 23.5. The number of piperazine rings is 1. The van der Waals surface area contributed by atoms with Gasteiger partial charge in [-0.05, 0) is 31.9 Å². The minimum Gasteiger partial charge on any atom is -0.324 e. The number of hydrogen-bond acceptors (Lipinski definition) is 4. The number of carbonyl (C=O) groups is 1. The van der Waals surface area contributed by atoms with Gasteiger partial charge in [-0.15, -0.1) is 0 Å². The van der Waals surface area contributed by atoms with Crippen molar-refractivity contribution in [2.75, 3.05) is 38.5 Å². The van der Waals surface area contributed by atoms with Gasteiger partial charge in [-0.3, -0.25) is 9.69 Å². The summed E-state index contributed by atoms with van der Waals surface area (Å²) in [6, 6.07) is 4.17. The highest BCUT2D eigenvalue weighted by atomic mass is 32.2. The lowest BCUT2D eigenvalue weighted by Gasteiger charge is -2.40. The lowest BCUT2D eigenvalue weighted by atomic mass is 9.96. The van der Waals surface area contributed by atoms with Gasteiger partial charge in [-0.25, -0.2) is 0 Å². The first-order chi connectivity index (χ1) is 15.0. The molecule has 1 amide bonds. The highest BCUT2D eigenvalue weighted by Crippen LogP contribution is 2.34. The van der Waals surface area contributed by atoms with Gasteiger partial charge in [-0.1, -0.05) is 31.4 Å². The topological polar surface area (TPSA) is 73.0 Å². The van der Waals surface area contributed by atoms with Gasteiger partial charge in [0.2, 0.25) is 5.91 Å². The molecular formula is C21H31F3N4O3S. The molecule has 1 aromatic carbocycles. The first-order valence-corrected chi connectivity index (χ1v) is 12.4. The second-order valence-electron chi connectivity index (χ2n) is 8.46. The van der Waals surface area contributed by atoms with E-state index in [1.54, 1.807) is 18.9 Å². The van der Waals surface area contributed by atoms with Gasteiger partial charge in [0.05, 0.1) is 17.3 Å². The fourth-order valence-electron chi connectivity index (χ4n) is 4.38. The predicted octanol–water partition coefficient (Wildman–Crippen LogP) is 3.16. The number of benzene rings is 1. The summed E-state index contributed by atoms with van der Waals surface area (Å²) < 4.78 is 68.5. The third-order valence-corrected chi connectivity index (χ3v) is 8.51. The Balaban J connectivity index is 1.58. The molecule has 1 atom stereocenters. The Morgan fingerprint density at radius 1 is 1.09 bits per heavy atom. The van der Waals surface area contributed by atoms with Crippen LogP contribution in [0, 0.1) is 0 Å². The zero-order valence-electron chi connectivity index (χ0n) is 18.4. The summed E-state index contributed by atoms with van der Waals surface area (Å²) in [5, 5.41) is 2.38. The summed E-state index contributed by atoms with van der Waals surface area (Å²) in [5.74, 6) is -0.558. The number of halogens is 3. The van der Waals surface area contributed by atoms with E-state index in [2.05, 4.69) is 5.32 Å². The van der Waals surface area contributed by atoms with Crippen molar-refractivity contribution >= 4 is 21.8 Å². The summed E-state index contributed by atoms with van der Waals surface area (Å²) in [4.78, 5) is 14.4. The number of hydrogen-bond donors (Lipinski definition) is 1. The second-order valence-corrected chi connectivity index (χ2v) is 10.4. The molecule has 1 saturated carbocycles. The average Bonchev–Trinajstić information content (AvgIpc) is 2.78. The van der Waals surface area contributed by atoms with Crippen LogP contribution in [0.15, 0.2) is 24.3 Å². The van der Waals surface area contributed by atoms with E-state index in [1.807, 2.05) is 0 Å². The van der Waals surface area contributed by atoms with E-state index >= 15 is 0 Å². The number of amides is 1. The van der Waals surface area contributed by atoms with E-state index in [9.17, 15) is 26.4 Å². The maximum atomic E-state index is 13.2. The molecule has 1 unspecified atom stereocenters. The average molecular weight is 477 g/mol. The molecular weight excluding hydrogens is 445 g/mol. The number of para-hydroxylation sites is 1. The number of carbonyl (C=O) groups excluding carboxylic acids is 1. The van der Waals surface area contributed by atoms with Crippen LogP contribution in [0.1, 0.15) is 44.6 Å². The van der Waals surface area contributed by atoms with Gasteiger partial charge in [0, 0.05) is 39.3 Å². The van der Waals surface area contributed by atoms with Crippen molar-refractivity contribution in [1.29, 1.82) is 0 Å². The Bertz CT molecular complexity index is 896. The van der Waals surface area contributed by atoms with Crippen LogP contribution in [0.2, 0.25) is 0 Å². The molecule has 1 heterocycles. The van der Waals surface area contributed by atoms with Crippen molar-refractivity contribution in [3.05, 3.63) is 29.8 Å². The molecule has 1 aromatic rings. The molecule has 2 aliphatic rings. The Kier molecular flexibility index (Phi) is 7.85. The zero-order valence-corrected chi connectivity index (χ0v) is 19.3. The molecule has 0 aromatic heterocycles. The highest BCUT2D eigenvalue weighted by molar-refractivity contribution is 7.86. The van der Waals surface area contributed by atoms with E-state index in [1.165, 1.54) is 26.8 Å². The Morgan fingerprint density at radius 3 is 2.28 bits per heavy atom. The predicted molar refractivity (Wildman–Crippen MR) is 116 cm³/mol. The van der Waals surface area contributed by atoms with Crippen LogP contribution in [0.25, 0.3) is 0 Å². The lowest BCUT2D eigenvalue weighted by Crippen LogP contribution is -2.57. The van der Waals surface area contributed by atoms with Gasteiger partial charge in [0.15, 0.2) is 0 Å². The monoisotopic (exact) mass is 476 g/mol. The largest absolute Gasteiger partial charge is 0.418 e. The van der Waals surface area contributed by atoms with E-state index in [-0.39, 0.29) is 24.8 Å². The molecule has 2 fully saturated rings. The molecule has 3 rings (SSSR count). The maximum Gasteiger partial charge on any atom is 0.418 e. The molecule has 7 nitrogen and oxygen atoms in total. The molecule has 1 aliphatic heterocycles. The van der Waals surface area contributed by atoms with E-state index in [0.717, 1.165) is 38.2 Å². The minimum absolute atomic E-state index is 0.0187. The van der Waals surface area contributed by atoms with Crippen LogP contribution in [0.5, 0.6) is 0 Å². The number of nitrogens with one attached hydrogen (secondary N) is 1. The molecule has 0 spiro atoms. The normalized spacial score (nSPS) is 20.9. The lowest BCUT2D eigenvalue weighted by molar-refractivity contribution is -0.137. The van der Waals surface area contributed by atoms with Crippen LogP contribution >= 0.6 is 0 Å². The summed E-state index contributed by atoms with van der Waals surface area (Å²) in [6.07, 6.45) is 0.358. The van der Waals surface area contributed by atoms with Crippen molar-refractivity contribution < 1.29 is 26.4 Å². The summed E-state index contributed by atoms with van der Waals surface area (Å²) in [6.45, 7) is 2.73. The number of alkyl halides is 3. The maximum absolute atomic E-state index is 13.2. The van der Waals surface area contributed by atoms with Crippen LogP contribution < -0.4 is 5.32 Å². The van der Waals surface area contributed by atoms with Crippen molar-refractivity contribution in [2.45, 2.75) is 57.3 Å². The van der Waals surface area contributed by atoms with Gasteiger partial charge < -0.3 is 5.32 Å². The van der Waals surface area contributed by atoms with Crippen molar-refractivity contribution in [3.63, 3.8) is 0 Å². The van der Waals surface area contributed by atoms with Gasteiger partial charge in [0.25, 0.3) is 10.2 Å². The molecule has 1 aliphatic carbocycles. The number of nitrogens with zero attached hydrogens (tertiary/aromatic N) is 3. The van der Waals surface area contributed by atoms with Crippen molar-refractivity contribution in [1.82, 2.24) is 13.5 Å². The summed E-state index contributed by atoms with van der Waals surface area (Å²) in [5.41, 5.74) is -1.19. The van der Waals surface area contributed by atoms with Crippen LogP contribution in [0.4, 0.5) is 18.9 Å². The molecule has 1 N–H and O–H groups in total. The van der Waals surface area contributed by atoms with Crippen molar-refractivity contribution in [2.24, 2.45) is 0 Å². The number of anilines is 1. The minimum atomic E-state index is -4.57.